The average Bonchev–Trinajstić information content (AvgIpc) is 2.22. The van der Waals surface area contributed by atoms with E-state index in [1.807, 2.05) is 0 Å². The molecule has 1 amide bonds. The molecule has 86 valence electrons. The number of aliphatic hydroxyl groups excluding tert-OH is 1. The predicted molar refractivity (Wildman–Crippen MR) is 55.5 cm³/mol. The highest BCUT2D eigenvalue weighted by atomic mass is 16.5. The van der Waals surface area contributed by atoms with Gasteiger partial charge in [0.05, 0.1) is 19.3 Å². The van der Waals surface area contributed by atoms with Crippen molar-refractivity contribution in [3.05, 3.63) is 0 Å². The van der Waals surface area contributed by atoms with Gasteiger partial charge in [0.15, 0.2) is 0 Å². The Hall–Kier alpha value is -1.25. The maximum absolute atomic E-state index is 10.4. The van der Waals surface area contributed by atoms with Gasteiger partial charge < -0.3 is 19.8 Å². The van der Waals surface area contributed by atoms with Gasteiger partial charge in [-0.25, -0.2) is 4.79 Å². The lowest BCUT2D eigenvalue weighted by atomic mass is 10.3. The molecule has 0 aromatic rings. The molecule has 0 saturated carbocycles. The van der Waals surface area contributed by atoms with Crippen LogP contribution in [0.3, 0.4) is 0 Å². The van der Waals surface area contributed by atoms with E-state index < -0.39 is 6.09 Å². The van der Waals surface area contributed by atoms with Crippen molar-refractivity contribution in [3.63, 3.8) is 0 Å². The number of likely N-dealkylation sites (N-methyl/N-ethyl adjacent to an activating group) is 1. The van der Waals surface area contributed by atoms with E-state index in [1.54, 1.807) is 6.92 Å². The van der Waals surface area contributed by atoms with Crippen LogP contribution in [0.5, 0.6) is 0 Å². The van der Waals surface area contributed by atoms with Gasteiger partial charge in [0, 0.05) is 20.0 Å². The monoisotopic (exact) mass is 215 g/mol. The highest BCUT2D eigenvalue weighted by Gasteiger charge is 2.08. The molecule has 1 atom stereocenters. The number of rotatable bonds is 6. The zero-order chi connectivity index (χ0) is 11.7. The molecule has 5 heteroatoms. The third kappa shape index (κ3) is 6.77. The smallest absolute Gasteiger partial charge is 0.407 e. The molecule has 5 nitrogen and oxygen atoms in total. The molecule has 0 aromatic heterocycles. The Labute approximate surface area is 89.6 Å². The average molecular weight is 215 g/mol. The summed E-state index contributed by atoms with van der Waals surface area (Å²) in [6.07, 6.45) is -0.865. The number of carboxylic acid groups (broad SMARTS) is 1. The normalized spacial score (nSPS) is 11.4. The van der Waals surface area contributed by atoms with E-state index >= 15 is 0 Å². The van der Waals surface area contributed by atoms with Crippen molar-refractivity contribution in [2.24, 2.45) is 0 Å². The van der Waals surface area contributed by atoms with E-state index in [9.17, 15) is 4.79 Å². The number of carbonyl (C=O) groups is 1. The van der Waals surface area contributed by atoms with Gasteiger partial charge in [0.2, 0.25) is 0 Å². The highest BCUT2D eigenvalue weighted by molar-refractivity contribution is 5.64. The van der Waals surface area contributed by atoms with Crippen LogP contribution >= 0.6 is 0 Å². The summed E-state index contributed by atoms with van der Waals surface area (Å²) in [6, 6.07) is 0. The fourth-order valence-corrected chi connectivity index (χ4v) is 0.844. The van der Waals surface area contributed by atoms with E-state index in [-0.39, 0.29) is 25.9 Å². The Morgan fingerprint density at radius 2 is 2.27 bits per heavy atom. The summed E-state index contributed by atoms with van der Waals surface area (Å²) in [5.74, 6) is 5.50. The number of aliphatic hydroxyl groups is 1. The minimum Gasteiger partial charge on any atom is -0.465 e. The Balaban J connectivity index is 3.70. The van der Waals surface area contributed by atoms with E-state index in [0.29, 0.717) is 6.42 Å². The minimum absolute atomic E-state index is 0.106. The van der Waals surface area contributed by atoms with Crippen LogP contribution in [0.4, 0.5) is 4.79 Å². The van der Waals surface area contributed by atoms with Gasteiger partial charge in [-0.15, -0.1) is 11.8 Å². The van der Waals surface area contributed by atoms with Crippen molar-refractivity contribution in [1.29, 1.82) is 0 Å². The summed E-state index contributed by atoms with van der Waals surface area (Å²) >= 11 is 0. The van der Waals surface area contributed by atoms with Gasteiger partial charge in [0.25, 0.3) is 0 Å². The largest absolute Gasteiger partial charge is 0.465 e. The molecule has 0 bridgehead atoms. The summed E-state index contributed by atoms with van der Waals surface area (Å²) < 4.78 is 5.26. The first-order chi connectivity index (χ1) is 7.11. The van der Waals surface area contributed by atoms with Crippen LogP contribution in [0.2, 0.25) is 0 Å². The predicted octanol–water partition coefficient (Wildman–Crippen LogP) is 0.387. The van der Waals surface area contributed by atoms with Crippen LogP contribution in [0, 0.1) is 11.8 Å². The summed E-state index contributed by atoms with van der Waals surface area (Å²) in [6.45, 7) is 2.16. The first-order valence-corrected chi connectivity index (χ1v) is 4.68. The first-order valence-electron chi connectivity index (χ1n) is 4.68. The second-order valence-electron chi connectivity index (χ2n) is 3.01. The second kappa shape index (κ2) is 8.09. The molecule has 0 aromatic carbocycles. The van der Waals surface area contributed by atoms with Crippen LogP contribution in [0.15, 0.2) is 0 Å². The van der Waals surface area contributed by atoms with Gasteiger partial charge >= 0.3 is 6.09 Å². The lowest BCUT2D eigenvalue weighted by molar-refractivity contribution is 0.00951. The molecule has 0 heterocycles. The van der Waals surface area contributed by atoms with Crippen LogP contribution in [0.25, 0.3) is 0 Å². The van der Waals surface area contributed by atoms with Crippen molar-refractivity contribution >= 4 is 6.09 Å². The van der Waals surface area contributed by atoms with Gasteiger partial charge in [-0.2, -0.15) is 0 Å². The quantitative estimate of drug-likeness (QED) is 0.629. The van der Waals surface area contributed by atoms with E-state index in [0.717, 1.165) is 4.90 Å². The van der Waals surface area contributed by atoms with Gasteiger partial charge in [-0.1, -0.05) is 0 Å². The third-order valence-electron chi connectivity index (χ3n) is 1.82. The molecule has 0 saturated heterocycles. The molecule has 0 spiro atoms. The summed E-state index contributed by atoms with van der Waals surface area (Å²) in [5, 5.41) is 17.4. The Morgan fingerprint density at radius 3 is 2.73 bits per heavy atom. The molecule has 1 unspecified atom stereocenters. The molecule has 0 aliphatic heterocycles. The standard InChI is InChI=1S/C10H17NO4/c1-3-4-5-9(8-12)15-7-6-11(2)10(13)14/h9,12H,5-8H2,1-2H3,(H,13,14). The first kappa shape index (κ1) is 13.8. The third-order valence-corrected chi connectivity index (χ3v) is 1.82. The zero-order valence-corrected chi connectivity index (χ0v) is 9.06. The van der Waals surface area contributed by atoms with Gasteiger partial charge in [-0.05, 0) is 6.92 Å². The molecule has 0 fully saturated rings. The maximum Gasteiger partial charge on any atom is 0.407 e. The van der Waals surface area contributed by atoms with E-state index in [2.05, 4.69) is 11.8 Å². The fourth-order valence-electron chi connectivity index (χ4n) is 0.844. The Morgan fingerprint density at radius 1 is 1.60 bits per heavy atom. The lowest BCUT2D eigenvalue weighted by Crippen LogP contribution is -2.30. The number of hydrogen-bond donors (Lipinski definition) is 2. The Bertz CT molecular complexity index is 244. The minimum atomic E-state index is -0.993. The topological polar surface area (TPSA) is 70.0 Å². The molecule has 0 rings (SSSR count). The summed E-state index contributed by atoms with van der Waals surface area (Å²) in [4.78, 5) is 11.5. The maximum atomic E-state index is 10.4. The number of hydrogen-bond acceptors (Lipinski definition) is 3. The van der Waals surface area contributed by atoms with E-state index in [1.165, 1.54) is 7.05 Å². The number of nitrogens with zero attached hydrogens (tertiary/aromatic N) is 1. The lowest BCUT2D eigenvalue weighted by Gasteiger charge is -2.16. The number of amides is 1. The van der Waals surface area contributed by atoms with Crippen LogP contribution in [-0.4, -0.2) is 54.1 Å². The second-order valence-corrected chi connectivity index (χ2v) is 3.01. The SMILES string of the molecule is CC#CCC(CO)OCCN(C)C(=O)O. The van der Waals surface area contributed by atoms with Crippen molar-refractivity contribution in [3.8, 4) is 11.8 Å². The summed E-state index contributed by atoms with van der Waals surface area (Å²) in [5.41, 5.74) is 0. The van der Waals surface area contributed by atoms with Crippen molar-refractivity contribution < 1.29 is 19.7 Å². The molecule has 15 heavy (non-hydrogen) atoms. The van der Waals surface area contributed by atoms with Crippen LogP contribution in [0.1, 0.15) is 13.3 Å². The van der Waals surface area contributed by atoms with Gasteiger partial charge in [-0.3, -0.25) is 0 Å². The summed E-state index contributed by atoms with van der Waals surface area (Å²) in [7, 11) is 1.46. The van der Waals surface area contributed by atoms with E-state index in [4.69, 9.17) is 14.9 Å². The molecule has 0 aliphatic rings. The van der Waals surface area contributed by atoms with Crippen LogP contribution in [-0.2, 0) is 4.74 Å². The highest BCUT2D eigenvalue weighted by Crippen LogP contribution is 1.97. The number of ether oxygens (including phenoxy) is 1. The molecular formula is C10H17NO4. The van der Waals surface area contributed by atoms with Gasteiger partial charge in [0.1, 0.15) is 0 Å². The fraction of sp³-hybridized carbons (Fsp3) is 0.700. The molecule has 2 N–H and O–H groups in total. The van der Waals surface area contributed by atoms with Crippen molar-refractivity contribution in [2.75, 3.05) is 26.8 Å². The van der Waals surface area contributed by atoms with Crippen LogP contribution < -0.4 is 0 Å². The van der Waals surface area contributed by atoms with Crippen molar-refractivity contribution in [1.82, 2.24) is 4.90 Å². The molecule has 0 aliphatic carbocycles. The zero-order valence-electron chi connectivity index (χ0n) is 9.06. The molecule has 0 radical (unpaired) electrons. The Kier molecular flexibility index (Phi) is 7.42. The van der Waals surface area contributed by atoms with Crippen molar-refractivity contribution in [2.45, 2.75) is 19.4 Å². The molecular weight excluding hydrogens is 198 g/mol.